The van der Waals surface area contributed by atoms with Crippen LogP contribution in [0.5, 0.6) is 0 Å². The zero-order valence-corrected chi connectivity index (χ0v) is 13.7. The summed E-state index contributed by atoms with van der Waals surface area (Å²) in [5, 5.41) is 8.68. The Morgan fingerprint density at radius 1 is 1.38 bits per heavy atom. The maximum Gasteiger partial charge on any atom is 0.301 e. The Bertz CT molecular complexity index is 643. The molecule has 6 heteroatoms. The molecule has 2 N–H and O–H groups in total. The fourth-order valence-corrected chi connectivity index (χ4v) is 2.77. The van der Waals surface area contributed by atoms with Gasteiger partial charge < -0.3 is 5.11 Å². The van der Waals surface area contributed by atoms with Gasteiger partial charge >= 0.3 is 10.2 Å². The summed E-state index contributed by atoms with van der Waals surface area (Å²) < 4.78 is 28.1. The van der Waals surface area contributed by atoms with Gasteiger partial charge in [-0.1, -0.05) is 11.8 Å². The molecule has 1 aromatic rings. The van der Waals surface area contributed by atoms with Crippen molar-refractivity contribution in [3.63, 3.8) is 0 Å². The Kier molecular flexibility index (Phi) is 6.21. The number of hydrogen-bond acceptors (Lipinski definition) is 3. The molecule has 116 valence electrons. The first-order valence-electron chi connectivity index (χ1n) is 6.74. The van der Waals surface area contributed by atoms with E-state index in [0.717, 1.165) is 11.1 Å². The first kappa shape index (κ1) is 17.5. The second-order valence-corrected chi connectivity index (χ2v) is 6.75. The lowest BCUT2D eigenvalue weighted by atomic mass is 10.1. The molecular weight excluding hydrogens is 288 g/mol. The predicted molar refractivity (Wildman–Crippen MR) is 85.2 cm³/mol. The summed E-state index contributed by atoms with van der Waals surface area (Å²) in [6, 6.07) is 5.15. The minimum Gasteiger partial charge on any atom is -0.395 e. The van der Waals surface area contributed by atoms with Crippen molar-refractivity contribution in [1.82, 2.24) is 4.31 Å². The van der Waals surface area contributed by atoms with E-state index >= 15 is 0 Å². The van der Waals surface area contributed by atoms with Crippen molar-refractivity contribution in [3.8, 4) is 11.8 Å². The molecule has 0 amide bonds. The molecular formula is C15H22N2O3S. The summed E-state index contributed by atoms with van der Waals surface area (Å²) in [5.74, 6) is 5.75. The number of nitrogens with zero attached hydrogens (tertiary/aromatic N) is 1. The van der Waals surface area contributed by atoms with Crippen LogP contribution in [-0.2, 0) is 10.2 Å². The van der Waals surface area contributed by atoms with Gasteiger partial charge in [0.05, 0.1) is 12.3 Å². The average Bonchev–Trinajstić information content (AvgIpc) is 2.41. The molecule has 21 heavy (non-hydrogen) atoms. The van der Waals surface area contributed by atoms with Crippen LogP contribution < -0.4 is 4.72 Å². The molecule has 0 fully saturated rings. The van der Waals surface area contributed by atoms with Crippen molar-refractivity contribution in [3.05, 3.63) is 29.3 Å². The van der Waals surface area contributed by atoms with E-state index in [1.54, 1.807) is 12.1 Å². The first-order chi connectivity index (χ1) is 9.77. The molecule has 0 bridgehead atoms. The minimum absolute atomic E-state index is 0.0331. The number of aliphatic hydroxyl groups is 1. The van der Waals surface area contributed by atoms with E-state index in [0.29, 0.717) is 12.1 Å². The number of hydrogen-bond donors (Lipinski definition) is 2. The van der Waals surface area contributed by atoms with Gasteiger partial charge in [-0.2, -0.15) is 12.7 Å². The van der Waals surface area contributed by atoms with Crippen LogP contribution in [0.2, 0.25) is 0 Å². The Morgan fingerprint density at radius 2 is 2.05 bits per heavy atom. The molecule has 0 heterocycles. The van der Waals surface area contributed by atoms with Crippen molar-refractivity contribution < 1.29 is 13.5 Å². The van der Waals surface area contributed by atoms with Crippen LogP contribution >= 0.6 is 0 Å². The maximum atomic E-state index is 12.1. The zero-order valence-electron chi connectivity index (χ0n) is 12.8. The molecule has 0 aliphatic rings. The molecule has 0 saturated heterocycles. The van der Waals surface area contributed by atoms with Crippen molar-refractivity contribution in [2.75, 3.05) is 18.4 Å². The second kappa shape index (κ2) is 7.46. The lowest BCUT2D eigenvalue weighted by Gasteiger charge is -2.22. The lowest BCUT2D eigenvalue weighted by molar-refractivity contribution is 0.305. The molecule has 5 nitrogen and oxygen atoms in total. The van der Waals surface area contributed by atoms with E-state index < -0.39 is 10.2 Å². The Hall–Kier alpha value is -1.55. The van der Waals surface area contributed by atoms with Crippen LogP contribution in [-0.4, -0.2) is 37.5 Å². The van der Waals surface area contributed by atoms with Gasteiger partial charge in [0.1, 0.15) is 0 Å². The average molecular weight is 310 g/mol. The predicted octanol–water partition coefficient (Wildman–Crippen LogP) is 1.73. The number of benzene rings is 1. The molecule has 1 aromatic carbocycles. The molecule has 0 atom stereocenters. The number of aliphatic hydroxyl groups excluding tert-OH is 1. The molecule has 0 spiro atoms. The van der Waals surface area contributed by atoms with E-state index in [-0.39, 0.29) is 12.6 Å². The SMILES string of the molecule is Cc1cc(C#CCCO)ccc1NS(=O)(=O)N(C)C(C)C. The van der Waals surface area contributed by atoms with Gasteiger partial charge in [0.15, 0.2) is 0 Å². The van der Waals surface area contributed by atoms with Crippen molar-refractivity contribution >= 4 is 15.9 Å². The number of aryl methyl sites for hydroxylation is 1. The number of anilines is 1. The van der Waals surface area contributed by atoms with Crippen LogP contribution in [0, 0.1) is 18.8 Å². The normalized spacial score (nSPS) is 11.4. The van der Waals surface area contributed by atoms with Crippen molar-refractivity contribution in [2.45, 2.75) is 33.2 Å². The third kappa shape index (κ3) is 5.05. The molecule has 0 saturated carbocycles. The highest BCUT2D eigenvalue weighted by molar-refractivity contribution is 7.90. The van der Waals surface area contributed by atoms with E-state index in [4.69, 9.17) is 5.11 Å². The lowest BCUT2D eigenvalue weighted by Crippen LogP contribution is -2.37. The van der Waals surface area contributed by atoms with Gasteiger partial charge in [-0.15, -0.1) is 0 Å². The Balaban J connectivity index is 2.95. The third-order valence-corrected chi connectivity index (χ3v) is 4.70. The summed E-state index contributed by atoms with van der Waals surface area (Å²) in [5.41, 5.74) is 2.13. The first-order valence-corrected chi connectivity index (χ1v) is 8.18. The summed E-state index contributed by atoms with van der Waals surface area (Å²) in [6.07, 6.45) is 0.423. The van der Waals surface area contributed by atoms with Crippen LogP contribution in [0.25, 0.3) is 0 Å². The molecule has 0 aliphatic carbocycles. The topological polar surface area (TPSA) is 69.6 Å². The van der Waals surface area contributed by atoms with Crippen molar-refractivity contribution in [2.24, 2.45) is 0 Å². The summed E-state index contributed by atoms with van der Waals surface area (Å²) in [6.45, 7) is 5.48. The standard InChI is InChI=1S/C15H22N2O3S/c1-12(2)17(4)21(19,20)16-15-9-8-14(11-13(15)3)7-5-6-10-18/h8-9,11-12,16,18H,6,10H2,1-4H3. The fourth-order valence-electron chi connectivity index (χ4n) is 1.56. The molecule has 0 aromatic heterocycles. The Morgan fingerprint density at radius 3 is 2.57 bits per heavy atom. The van der Waals surface area contributed by atoms with E-state index in [1.165, 1.54) is 11.4 Å². The smallest absolute Gasteiger partial charge is 0.301 e. The highest BCUT2D eigenvalue weighted by Gasteiger charge is 2.20. The quantitative estimate of drug-likeness (QED) is 0.814. The summed E-state index contributed by atoms with van der Waals surface area (Å²) in [4.78, 5) is 0. The second-order valence-electron chi connectivity index (χ2n) is 5.02. The van der Waals surface area contributed by atoms with E-state index in [9.17, 15) is 8.42 Å². The summed E-state index contributed by atoms with van der Waals surface area (Å²) in [7, 11) is -2.02. The van der Waals surface area contributed by atoms with Crippen LogP contribution in [0.15, 0.2) is 18.2 Å². The molecule has 0 aliphatic heterocycles. The number of nitrogens with one attached hydrogen (secondary N) is 1. The molecule has 0 unspecified atom stereocenters. The van der Waals surface area contributed by atoms with Gasteiger partial charge in [0.2, 0.25) is 0 Å². The van der Waals surface area contributed by atoms with Crippen LogP contribution in [0.1, 0.15) is 31.4 Å². The highest BCUT2D eigenvalue weighted by atomic mass is 32.2. The van der Waals surface area contributed by atoms with Gasteiger partial charge in [-0.05, 0) is 44.5 Å². The highest BCUT2D eigenvalue weighted by Crippen LogP contribution is 2.19. The zero-order chi connectivity index (χ0) is 16.0. The third-order valence-electron chi connectivity index (χ3n) is 3.04. The fraction of sp³-hybridized carbons (Fsp3) is 0.467. The molecule has 1 rings (SSSR count). The number of rotatable bonds is 5. The van der Waals surface area contributed by atoms with Gasteiger partial charge in [0.25, 0.3) is 0 Å². The van der Waals surface area contributed by atoms with Gasteiger partial charge in [-0.25, -0.2) is 0 Å². The molecule has 0 radical (unpaired) electrons. The summed E-state index contributed by atoms with van der Waals surface area (Å²) >= 11 is 0. The van der Waals surface area contributed by atoms with Crippen molar-refractivity contribution in [1.29, 1.82) is 0 Å². The van der Waals surface area contributed by atoms with E-state index in [2.05, 4.69) is 16.6 Å². The maximum absolute atomic E-state index is 12.1. The van der Waals surface area contributed by atoms with Gasteiger partial charge in [0, 0.05) is 25.1 Å². The van der Waals surface area contributed by atoms with Crippen LogP contribution in [0.4, 0.5) is 5.69 Å². The van der Waals surface area contributed by atoms with Gasteiger partial charge in [-0.3, -0.25) is 4.72 Å². The van der Waals surface area contributed by atoms with Crippen LogP contribution in [0.3, 0.4) is 0 Å². The Labute approximate surface area is 127 Å². The monoisotopic (exact) mass is 310 g/mol. The largest absolute Gasteiger partial charge is 0.395 e. The minimum atomic E-state index is -3.55. The van der Waals surface area contributed by atoms with E-state index in [1.807, 2.05) is 26.8 Å².